The Balaban J connectivity index is 1.91. The first kappa shape index (κ1) is 28.6. The number of aliphatic hydroxyl groups excluding tert-OH is 1. The van der Waals surface area contributed by atoms with Crippen LogP contribution in [0.1, 0.15) is 70.2 Å². The van der Waals surface area contributed by atoms with Gasteiger partial charge in [-0.05, 0) is 45.7 Å². The van der Waals surface area contributed by atoms with E-state index in [0.717, 1.165) is 25.7 Å². The fraction of sp³-hybridized carbons (Fsp3) is 0.667. The topological polar surface area (TPSA) is 123 Å². The molecule has 1 aliphatic heterocycles. The second kappa shape index (κ2) is 13.0. The van der Waals surface area contributed by atoms with Gasteiger partial charge in [-0.1, -0.05) is 32.3 Å². The average molecular weight is 518 g/mol. The molecule has 0 unspecified atom stereocenters. The molecule has 5 amide bonds. The monoisotopic (exact) mass is 517 g/mol. The van der Waals surface area contributed by atoms with Crippen LogP contribution >= 0.6 is 0 Å². The highest BCUT2D eigenvalue weighted by Gasteiger charge is 2.35. The quantitative estimate of drug-likeness (QED) is 0.441. The van der Waals surface area contributed by atoms with E-state index in [-0.39, 0.29) is 54.9 Å². The first-order chi connectivity index (χ1) is 17.6. The van der Waals surface area contributed by atoms with E-state index >= 15 is 0 Å². The SMILES string of the molecule is CC(C)NC(=O)N(C)C[C@@H]1Oc2c(NC(=O)NC3CCCCC3)cccc2C(=O)N([C@@H](C)CO)C[C@H]1C. The lowest BCUT2D eigenvalue weighted by Gasteiger charge is -2.38. The lowest BCUT2D eigenvalue weighted by molar-refractivity contribution is 0.0368. The molecule has 10 nitrogen and oxygen atoms in total. The summed E-state index contributed by atoms with van der Waals surface area (Å²) >= 11 is 0. The highest BCUT2D eigenvalue weighted by Crippen LogP contribution is 2.35. The van der Waals surface area contributed by atoms with Crippen LogP contribution in [0.4, 0.5) is 15.3 Å². The number of carbonyl (C=O) groups is 3. The molecule has 4 N–H and O–H groups in total. The van der Waals surface area contributed by atoms with Gasteiger partial charge in [0.25, 0.3) is 5.91 Å². The number of likely N-dealkylation sites (N-methyl/N-ethyl adjacent to an activating group) is 1. The van der Waals surface area contributed by atoms with E-state index < -0.39 is 12.1 Å². The van der Waals surface area contributed by atoms with Crippen molar-refractivity contribution in [1.29, 1.82) is 0 Å². The van der Waals surface area contributed by atoms with Gasteiger partial charge in [0.2, 0.25) is 0 Å². The molecule has 1 aromatic rings. The van der Waals surface area contributed by atoms with Gasteiger partial charge < -0.3 is 35.6 Å². The fourth-order valence-corrected chi connectivity index (χ4v) is 4.86. The van der Waals surface area contributed by atoms with Crippen molar-refractivity contribution < 1.29 is 24.2 Å². The van der Waals surface area contributed by atoms with Crippen LogP contribution < -0.4 is 20.7 Å². The summed E-state index contributed by atoms with van der Waals surface area (Å²) in [6.45, 7) is 7.99. The first-order valence-electron chi connectivity index (χ1n) is 13.4. The predicted molar refractivity (Wildman–Crippen MR) is 143 cm³/mol. The molecule has 3 atom stereocenters. The number of benzene rings is 1. The molecule has 0 saturated heterocycles. The van der Waals surface area contributed by atoms with Gasteiger partial charge in [-0.15, -0.1) is 0 Å². The summed E-state index contributed by atoms with van der Waals surface area (Å²) in [5, 5.41) is 18.7. The van der Waals surface area contributed by atoms with Crippen molar-refractivity contribution in [1.82, 2.24) is 20.4 Å². The van der Waals surface area contributed by atoms with Crippen molar-refractivity contribution in [2.45, 2.75) is 84.0 Å². The summed E-state index contributed by atoms with van der Waals surface area (Å²) in [7, 11) is 1.70. The smallest absolute Gasteiger partial charge is 0.319 e. The standard InChI is InChI=1S/C27H43N5O5/c1-17(2)28-27(36)31(5)15-23-18(3)14-32(19(4)16-33)25(34)21-12-9-13-22(24(21)37-23)30-26(35)29-20-10-7-6-8-11-20/h9,12-13,17-20,23,33H,6-8,10-11,14-16H2,1-5H3,(H,28,36)(H2,29,30,35)/t18-,19+,23+/m1/s1. The molecule has 206 valence electrons. The fourth-order valence-electron chi connectivity index (χ4n) is 4.86. The minimum atomic E-state index is -0.465. The van der Waals surface area contributed by atoms with Gasteiger partial charge >= 0.3 is 12.1 Å². The van der Waals surface area contributed by atoms with Crippen molar-refractivity contribution >= 4 is 23.7 Å². The Hall–Kier alpha value is -3.01. The number of ether oxygens (including phenoxy) is 1. The number of carbonyl (C=O) groups excluding carboxylic acids is 3. The Morgan fingerprint density at radius 2 is 1.89 bits per heavy atom. The minimum Gasteiger partial charge on any atom is -0.485 e. The summed E-state index contributed by atoms with van der Waals surface area (Å²) in [5.74, 6) is -0.163. The molecule has 0 bridgehead atoms. The van der Waals surface area contributed by atoms with E-state index in [1.165, 1.54) is 6.42 Å². The summed E-state index contributed by atoms with van der Waals surface area (Å²) in [5.41, 5.74) is 0.700. The number of hydrogen-bond acceptors (Lipinski definition) is 5. The summed E-state index contributed by atoms with van der Waals surface area (Å²) in [6, 6.07) is 4.24. The molecule has 0 aromatic heterocycles. The van der Waals surface area contributed by atoms with E-state index in [4.69, 9.17) is 4.74 Å². The minimum absolute atomic E-state index is 0.0108. The summed E-state index contributed by atoms with van der Waals surface area (Å²) in [4.78, 5) is 42.3. The van der Waals surface area contributed by atoms with Crippen molar-refractivity contribution in [2.24, 2.45) is 5.92 Å². The molecule has 10 heteroatoms. The molecule has 1 aromatic carbocycles. The number of fused-ring (bicyclic) bond motifs is 1. The third-order valence-corrected chi connectivity index (χ3v) is 7.09. The number of nitrogens with one attached hydrogen (secondary N) is 3. The van der Waals surface area contributed by atoms with Gasteiger partial charge in [0.1, 0.15) is 6.10 Å². The van der Waals surface area contributed by atoms with E-state index in [0.29, 0.717) is 17.8 Å². The molecule has 1 fully saturated rings. The number of hydrogen-bond donors (Lipinski definition) is 4. The Morgan fingerprint density at radius 3 is 2.54 bits per heavy atom. The number of rotatable bonds is 7. The van der Waals surface area contributed by atoms with Crippen LogP contribution in [0.2, 0.25) is 0 Å². The third kappa shape index (κ3) is 7.50. The van der Waals surface area contributed by atoms with Gasteiger partial charge in [0, 0.05) is 31.6 Å². The van der Waals surface area contributed by atoms with Gasteiger partial charge in [-0.25, -0.2) is 9.59 Å². The molecule has 1 heterocycles. The van der Waals surface area contributed by atoms with Gasteiger partial charge in [0.15, 0.2) is 5.75 Å². The highest BCUT2D eigenvalue weighted by molar-refractivity contribution is 6.01. The molecule has 0 radical (unpaired) electrons. The molecule has 1 aliphatic carbocycles. The summed E-state index contributed by atoms with van der Waals surface area (Å²) < 4.78 is 6.45. The zero-order chi connectivity index (χ0) is 27.1. The maximum absolute atomic E-state index is 13.6. The highest BCUT2D eigenvalue weighted by atomic mass is 16.5. The normalized spacial score (nSPS) is 21.3. The zero-order valence-electron chi connectivity index (χ0n) is 22.8. The number of para-hydroxylation sites is 1. The van der Waals surface area contributed by atoms with Crippen LogP contribution in [0.3, 0.4) is 0 Å². The molecule has 37 heavy (non-hydrogen) atoms. The van der Waals surface area contributed by atoms with Gasteiger partial charge in [0.05, 0.1) is 30.4 Å². The van der Waals surface area contributed by atoms with Crippen LogP contribution in [-0.4, -0.2) is 83.8 Å². The molecular weight excluding hydrogens is 474 g/mol. The number of aliphatic hydroxyl groups is 1. The lowest BCUT2D eigenvalue weighted by Crippen LogP contribution is -2.51. The summed E-state index contributed by atoms with van der Waals surface area (Å²) in [6.07, 6.45) is 4.82. The van der Waals surface area contributed by atoms with E-state index in [2.05, 4.69) is 16.0 Å². The molecule has 0 spiro atoms. The number of nitrogens with zero attached hydrogens (tertiary/aromatic N) is 2. The first-order valence-corrected chi connectivity index (χ1v) is 13.4. The van der Waals surface area contributed by atoms with E-state index in [1.54, 1.807) is 42.0 Å². The average Bonchev–Trinajstić information content (AvgIpc) is 2.86. The van der Waals surface area contributed by atoms with E-state index in [1.807, 2.05) is 20.8 Å². The Labute approximate surface area is 220 Å². The maximum atomic E-state index is 13.6. The molecular formula is C27H43N5O5. The van der Waals surface area contributed by atoms with Gasteiger partial charge in [-0.3, -0.25) is 4.79 Å². The number of amides is 5. The third-order valence-electron chi connectivity index (χ3n) is 7.09. The zero-order valence-corrected chi connectivity index (χ0v) is 22.8. The Morgan fingerprint density at radius 1 is 1.19 bits per heavy atom. The van der Waals surface area contributed by atoms with Crippen molar-refractivity contribution in [3.8, 4) is 5.75 Å². The van der Waals surface area contributed by atoms with Crippen molar-refractivity contribution in [3.63, 3.8) is 0 Å². The second-order valence-electron chi connectivity index (χ2n) is 10.7. The number of urea groups is 2. The number of anilines is 1. The van der Waals surface area contributed by atoms with Crippen molar-refractivity contribution in [2.75, 3.05) is 32.1 Å². The molecule has 3 rings (SSSR count). The largest absolute Gasteiger partial charge is 0.485 e. The van der Waals surface area contributed by atoms with Crippen LogP contribution in [-0.2, 0) is 0 Å². The van der Waals surface area contributed by atoms with E-state index in [9.17, 15) is 19.5 Å². The Kier molecular flexibility index (Phi) is 10.0. The second-order valence-corrected chi connectivity index (χ2v) is 10.7. The van der Waals surface area contributed by atoms with Crippen LogP contribution in [0.5, 0.6) is 5.75 Å². The maximum Gasteiger partial charge on any atom is 0.319 e. The lowest BCUT2D eigenvalue weighted by atomic mass is 9.96. The van der Waals surface area contributed by atoms with Crippen LogP contribution in [0.25, 0.3) is 0 Å². The van der Waals surface area contributed by atoms with Gasteiger partial charge in [-0.2, -0.15) is 0 Å². The Bertz CT molecular complexity index is 949. The van der Waals surface area contributed by atoms with Crippen molar-refractivity contribution in [3.05, 3.63) is 23.8 Å². The molecule has 1 saturated carbocycles. The molecule has 2 aliphatic rings. The van der Waals surface area contributed by atoms with Crippen LogP contribution in [0.15, 0.2) is 18.2 Å². The predicted octanol–water partition coefficient (Wildman–Crippen LogP) is 3.41. The van der Waals surface area contributed by atoms with Crippen LogP contribution in [0, 0.1) is 5.92 Å².